The van der Waals surface area contributed by atoms with E-state index in [-0.39, 0.29) is 110 Å². The van der Waals surface area contributed by atoms with E-state index in [1.165, 1.54) is 51.6 Å². The van der Waals surface area contributed by atoms with Crippen LogP contribution in [0.5, 0.6) is 17.2 Å². The van der Waals surface area contributed by atoms with Crippen LogP contribution in [0.1, 0.15) is 58.5 Å². The summed E-state index contributed by atoms with van der Waals surface area (Å²) in [4.78, 5) is 64.8. The number of ether oxygens (including phenoxy) is 4. The number of imidazole rings is 2. The summed E-state index contributed by atoms with van der Waals surface area (Å²) in [6.45, 7) is 3.78. The van der Waals surface area contributed by atoms with Gasteiger partial charge in [0.05, 0.1) is 77.5 Å². The van der Waals surface area contributed by atoms with Gasteiger partial charge in [0, 0.05) is 94.0 Å². The minimum absolute atomic E-state index is 0.0612. The Bertz CT molecular complexity index is 3700. The summed E-state index contributed by atoms with van der Waals surface area (Å²) >= 11 is 0. The molecular weight excluding hydrogens is 1030 g/mol. The highest BCUT2D eigenvalue weighted by molar-refractivity contribution is 7.92. The number of carbonyl (C=O) groups is 3. The molecule has 0 radical (unpaired) electrons. The first-order valence-corrected chi connectivity index (χ1v) is 26.9. The van der Waals surface area contributed by atoms with Crippen molar-refractivity contribution >= 4 is 61.6 Å². The number of rotatable bonds is 22. The zero-order valence-corrected chi connectivity index (χ0v) is 43.8. The van der Waals surface area contributed by atoms with Gasteiger partial charge in [0.25, 0.3) is 21.8 Å². The highest BCUT2D eigenvalue weighted by Gasteiger charge is 2.29. The van der Waals surface area contributed by atoms with Crippen molar-refractivity contribution in [1.29, 1.82) is 0 Å². The molecular formula is C54H57FN12O10S. The van der Waals surface area contributed by atoms with Crippen LogP contribution in [-0.4, -0.2) is 135 Å². The number of aromatic nitrogens is 7. The molecule has 3 amide bonds. The standard InChI is InChI=1S/C54H57FN12O10S/c1-4-20-76-38-8-6-9-39(26-38)77-48-28-46-45(63(2)54(71)64(46)3)27-43(48)62-78(72,73)40-10-5-7-35(24-40)52(69)56-15-21-74-22-23-75-33-49(68)65-16-18-66(19-17-65)53(70)36-13-14-42(41(55)25-36)60-50-51-57-31-47(37-29-58-59-30-37)67(51)32-44(61-50)34-11-12-34/h5-10,13-14,24-32,34,62H,4,11-12,15-23,33H2,1-3H3,(H,56,69)(H,58,59)(H,60,61). The Labute approximate surface area is 447 Å². The smallest absolute Gasteiger partial charge is 0.328 e. The molecule has 22 nitrogen and oxygen atoms in total. The average molecular weight is 1090 g/mol. The molecule has 0 unspecified atom stereocenters. The van der Waals surface area contributed by atoms with Crippen molar-refractivity contribution in [2.45, 2.75) is 37.0 Å². The first kappa shape index (κ1) is 52.8. The van der Waals surface area contributed by atoms with Gasteiger partial charge >= 0.3 is 5.69 Å². The van der Waals surface area contributed by atoms with E-state index in [2.05, 4.69) is 30.5 Å². The summed E-state index contributed by atoms with van der Waals surface area (Å²) in [6.07, 6.45) is 10.0. The van der Waals surface area contributed by atoms with Gasteiger partial charge in [0.15, 0.2) is 17.2 Å². The lowest BCUT2D eigenvalue weighted by Gasteiger charge is -2.34. The molecule has 1 saturated heterocycles. The number of hydrogen-bond donors (Lipinski definition) is 4. The van der Waals surface area contributed by atoms with E-state index in [1.54, 1.807) is 78.9 Å². The molecule has 0 atom stereocenters. The Kier molecular flexibility index (Phi) is 15.5. The van der Waals surface area contributed by atoms with Gasteiger partial charge in [-0.2, -0.15) is 5.10 Å². The molecule has 78 heavy (non-hydrogen) atoms. The second kappa shape index (κ2) is 22.9. The molecule has 4 N–H and O–H groups in total. The first-order valence-electron chi connectivity index (χ1n) is 25.4. The third-order valence-corrected chi connectivity index (χ3v) is 14.7. The molecule has 4 aromatic carbocycles. The number of aromatic amines is 1. The maximum atomic E-state index is 15.7. The van der Waals surface area contributed by atoms with Crippen LogP contribution in [0.3, 0.4) is 0 Å². The van der Waals surface area contributed by atoms with Gasteiger partial charge in [-0.15, -0.1) is 0 Å². The molecule has 1 aliphatic heterocycles. The highest BCUT2D eigenvalue weighted by Crippen LogP contribution is 2.41. The number of benzene rings is 4. The van der Waals surface area contributed by atoms with E-state index < -0.39 is 21.7 Å². The largest absolute Gasteiger partial charge is 0.493 e. The molecule has 0 bridgehead atoms. The lowest BCUT2D eigenvalue weighted by atomic mass is 10.1. The number of hydrogen-bond acceptors (Lipinski definition) is 14. The number of H-pyrrole nitrogens is 1. The fraction of sp³-hybridized carbons (Fsp3) is 0.315. The number of nitrogens with one attached hydrogen (secondary N) is 4. The van der Waals surface area contributed by atoms with E-state index in [4.69, 9.17) is 23.9 Å². The van der Waals surface area contributed by atoms with E-state index in [0.29, 0.717) is 46.5 Å². The third-order valence-electron chi connectivity index (χ3n) is 13.3. The van der Waals surface area contributed by atoms with Gasteiger partial charge < -0.3 is 39.4 Å². The Hall–Kier alpha value is -8.61. The monoisotopic (exact) mass is 1080 g/mol. The number of piperazine rings is 1. The maximum Gasteiger partial charge on any atom is 0.328 e. The van der Waals surface area contributed by atoms with E-state index >= 15 is 4.39 Å². The zero-order chi connectivity index (χ0) is 54.5. The quantitative estimate of drug-likeness (QED) is 0.0552. The summed E-state index contributed by atoms with van der Waals surface area (Å²) in [5.41, 5.74) is 4.19. The SMILES string of the molecule is CCCOc1cccc(Oc2cc3c(cc2NS(=O)(=O)c2cccc(C(=O)NCCOCCOCC(=O)N4CCN(C(=O)c5ccc(Nc6nc(C7CC7)cn7c(-c8cn[nH]c8)cnc67)c(F)c5)CC4)c2)n(C)c(=O)n3C)c1. The Morgan fingerprint density at radius 2 is 1.58 bits per heavy atom. The Morgan fingerprint density at radius 1 is 0.821 bits per heavy atom. The minimum Gasteiger partial charge on any atom is -0.493 e. The molecule has 10 rings (SSSR count). The van der Waals surface area contributed by atoms with Crippen LogP contribution >= 0.6 is 0 Å². The van der Waals surface area contributed by atoms with Crippen molar-refractivity contribution in [2.75, 3.05) is 75.8 Å². The van der Waals surface area contributed by atoms with Gasteiger partial charge in [-0.25, -0.2) is 27.6 Å². The van der Waals surface area contributed by atoms with Crippen LogP contribution in [0.2, 0.25) is 0 Å². The van der Waals surface area contributed by atoms with Crippen molar-refractivity contribution in [3.05, 3.63) is 137 Å². The molecule has 1 saturated carbocycles. The van der Waals surface area contributed by atoms with Gasteiger partial charge in [0.1, 0.15) is 23.9 Å². The highest BCUT2D eigenvalue weighted by atomic mass is 32.2. The second-order valence-corrected chi connectivity index (χ2v) is 20.5. The molecule has 2 fully saturated rings. The summed E-state index contributed by atoms with van der Waals surface area (Å²) in [5.74, 6) is 0.0266. The molecule has 406 valence electrons. The van der Waals surface area contributed by atoms with E-state index in [0.717, 1.165) is 36.2 Å². The van der Waals surface area contributed by atoms with Crippen molar-refractivity contribution in [1.82, 2.24) is 48.8 Å². The number of sulfonamides is 1. The minimum atomic E-state index is -4.31. The predicted molar refractivity (Wildman–Crippen MR) is 286 cm³/mol. The fourth-order valence-corrected chi connectivity index (χ4v) is 10.1. The molecule has 5 heterocycles. The fourth-order valence-electron chi connectivity index (χ4n) is 8.97. The average Bonchev–Trinajstić information content (AvgIpc) is 4.03. The number of aryl methyl sites for hydroxylation is 2. The summed E-state index contributed by atoms with van der Waals surface area (Å²) < 4.78 is 73.9. The van der Waals surface area contributed by atoms with E-state index in [9.17, 15) is 27.6 Å². The van der Waals surface area contributed by atoms with Crippen molar-refractivity contribution < 1.29 is 46.1 Å². The summed E-state index contributed by atoms with van der Waals surface area (Å²) in [5, 5.41) is 12.7. The van der Waals surface area contributed by atoms with Crippen LogP contribution in [-0.2, 0) is 38.4 Å². The molecule has 2 aliphatic rings. The molecule has 24 heteroatoms. The lowest BCUT2D eigenvalue weighted by molar-refractivity contribution is -0.138. The van der Waals surface area contributed by atoms with E-state index in [1.807, 2.05) is 17.5 Å². The van der Waals surface area contributed by atoms with Gasteiger partial charge in [-0.05, 0) is 73.9 Å². The number of anilines is 3. The number of carbonyl (C=O) groups excluding carboxylic acids is 3. The number of halogens is 1. The van der Waals surface area contributed by atoms with Crippen LogP contribution < -0.4 is 30.5 Å². The van der Waals surface area contributed by atoms with Crippen LogP contribution in [0.15, 0.2) is 113 Å². The zero-order valence-electron chi connectivity index (χ0n) is 43.0. The normalized spacial score (nSPS) is 13.7. The first-order chi connectivity index (χ1) is 37.7. The number of fused-ring (bicyclic) bond motifs is 2. The molecule has 0 spiro atoms. The van der Waals surface area contributed by atoms with Crippen LogP contribution in [0.4, 0.5) is 21.6 Å². The molecule has 4 aromatic heterocycles. The lowest BCUT2D eigenvalue weighted by Crippen LogP contribution is -2.51. The number of nitrogens with zero attached hydrogens (tertiary/aromatic N) is 8. The van der Waals surface area contributed by atoms with Crippen molar-refractivity contribution in [2.24, 2.45) is 14.1 Å². The van der Waals surface area contributed by atoms with Crippen LogP contribution in [0.25, 0.3) is 27.9 Å². The maximum absolute atomic E-state index is 15.7. The Morgan fingerprint density at radius 3 is 2.33 bits per heavy atom. The summed E-state index contributed by atoms with van der Waals surface area (Å²) in [6, 6.07) is 19.8. The van der Waals surface area contributed by atoms with Crippen LogP contribution in [0, 0.1) is 5.82 Å². The molecule has 1 aliphatic carbocycles. The summed E-state index contributed by atoms with van der Waals surface area (Å²) in [7, 11) is -1.12. The Balaban J connectivity index is 0.653. The topological polar surface area (TPSA) is 251 Å². The molecule has 8 aromatic rings. The van der Waals surface area contributed by atoms with Gasteiger partial charge in [-0.3, -0.25) is 37.7 Å². The van der Waals surface area contributed by atoms with Crippen molar-refractivity contribution in [3.8, 4) is 28.5 Å². The predicted octanol–water partition coefficient (Wildman–Crippen LogP) is 6.20. The third kappa shape index (κ3) is 11.7. The number of amides is 3. The van der Waals surface area contributed by atoms with Crippen molar-refractivity contribution in [3.63, 3.8) is 0 Å². The van der Waals surface area contributed by atoms with Gasteiger partial charge in [0.2, 0.25) is 5.91 Å². The second-order valence-electron chi connectivity index (χ2n) is 18.8. The van der Waals surface area contributed by atoms with Gasteiger partial charge in [-0.1, -0.05) is 19.1 Å².